The molecule has 5 heteroatoms. The summed E-state index contributed by atoms with van der Waals surface area (Å²) in [6.07, 6.45) is 0. The van der Waals surface area contributed by atoms with Crippen molar-refractivity contribution in [2.45, 2.75) is 0 Å². The van der Waals surface area contributed by atoms with Crippen molar-refractivity contribution in [1.29, 1.82) is 0 Å². The molecule has 0 atom stereocenters. The summed E-state index contributed by atoms with van der Waals surface area (Å²) in [6.45, 7) is 0. The molecule has 0 saturated heterocycles. The van der Waals surface area contributed by atoms with Crippen molar-refractivity contribution in [3.8, 4) is 39.9 Å². The minimum absolute atomic E-state index is 0.586. The van der Waals surface area contributed by atoms with Gasteiger partial charge in [-0.2, -0.15) is 9.97 Å². The summed E-state index contributed by atoms with van der Waals surface area (Å²) in [5.41, 5.74) is 7.86. The Morgan fingerprint density at radius 3 is 1.66 bits per heavy atom. The highest BCUT2D eigenvalue weighted by Gasteiger charge is 2.18. The molecule has 0 N–H and O–H groups in total. The Morgan fingerprint density at radius 1 is 0.409 bits per heavy atom. The lowest BCUT2D eigenvalue weighted by atomic mass is 10.0. The molecule has 206 valence electrons. The Kier molecular flexibility index (Phi) is 5.43. The molecule has 0 aliphatic rings. The molecule has 0 aliphatic carbocycles. The van der Waals surface area contributed by atoms with Crippen molar-refractivity contribution < 1.29 is 4.42 Å². The molecule has 0 amide bonds. The average molecular weight is 565 g/mol. The number of fused-ring (bicyclic) bond motifs is 6. The largest absolute Gasteiger partial charge is 0.455 e. The van der Waals surface area contributed by atoms with Crippen molar-refractivity contribution >= 4 is 43.7 Å². The van der Waals surface area contributed by atoms with E-state index in [1.54, 1.807) is 0 Å². The highest BCUT2D eigenvalue weighted by molar-refractivity contribution is 6.10. The average Bonchev–Trinajstić information content (AvgIpc) is 3.65. The van der Waals surface area contributed by atoms with Crippen LogP contribution in [0, 0.1) is 0 Å². The number of benzene rings is 6. The standard InChI is InChI=1S/C39H24N4O/c1-2-11-26(12-3-1)37-40-38(42-39(41-37)43-33-18-7-4-13-29(33)30-14-5-8-19-34(30)43)27-23-21-25(22-24-27)28-16-10-17-32-31-15-6-9-20-35(31)44-36(28)32/h1-24H. The van der Waals surface area contributed by atoms with E-state index in [1.165, 1.54) is 0 Å². The van der Waals surface area contributed by atoms with Gasteiger partial charge in [0.2, 0.25) is 5.95 Å². The van der Waals surface area contributed by atoms with Crippen LogP contribution in [0.4, 0.5) is 0 Å². The SMILES string of the molecule is c1ccc(-c2nc(-c3ccc(-c4cccc5c4oc4ccccc45)cc3)nc(-n3c4ccccc4c4ccccc43)n2)cc1. The summed E-state index contributed by atoms with van der Waals surface area (Å²) in [4.78, 5) is 15.1. The maximum atomic E-state index is 6.31. The van der Waals surface area contributed by atoms with Crippen molar-refractivity contribution in [2.24, 2.45) is 0 Å². The van der Waals surface area contributed by atoms with Crippen LogP contribution in [-0.2, 0) is 0 Å². The summed E-state index contributed by atoms with van der Waals surface area (Å²) in [5, 5.41) is 4.56. The number of para-hydroxylation sites is 4. The molecule has 9 rings (SSSR count). The minimum atomic E-state index is 0.586. The Bertz CT molecular complexity index is 2440. The highest BCUT2D eigenvalue weighted by Crippen LogP contribution is 2.37. The molecular formula is C39H24N4O. The van der Waals surface area contributed by atoms with Gasteiger partial charge in [-0.05, 0) is 23.8 Å². The van der Waals surface area contributed by atoms with E-state index in [4.69, 9.17) is 19.4 Å². The van der Waals surface area contributed by atoms with Gasteiger partial charge in [-0.25, -0.2) is 4.98 Å². The van der Waals surface area contributed by atoms with Crippen LogP contribution < -0.4 is 0 Å². The fourth-order valence-corrected chi connectivity index (χ4v) is 6.22. The van der Waals surface area contributed by atoms with E-state index in [0.717, 1.165) is 66.0 Å². The second kappa shape index (κ2) is 9.75. The number of rotatable bonds is 4. The van der Waals surface area contributed by atoms with E-state index in [2.05, 4.69) is 102 Å². The first-order chi connectivity index (χ1) is 21.8. The number of hydrogen-bond donors (Lipinski definition) is 0. The van der Waals surface area contributed by atoms with Crippen LogP contribution in [0.5, 0.6) is 0 Å². The lowest BCUT2D eigenvalue weighted by Crippen LogP contribution is -2.06. The first-order valence-electron chi connectivity index (χ1n) is 14.6. The molecule has 3 heterocycles. The molecule has 9 aromatic rings. The fourth-order valence-electron chi connectivity index (χ4n) is 6.22. The topological polar surface area (TPSA) is 56.7 Å². The lowest BCUT2D eigenvalue weighted by molar-refractivity contribution is 0.670. The predicted octanol–water partition coefficient (Wildman–Crippen LogP) is 9.87. The maximum Gasteiger partial charge on any atom is 0.238 e. The molecule has 0 spiro atoms. The summed E-state index contributed by atoms with van der Waals surface area (Å²) < 4.78 is 8.45. The van der Waals surface area contributed by atoms with Gasteiger partial charge in [0.25, 0.3) is 0 Å². The van der Waals surface area contributed by atoms with Gasteiger partial charge >= 0.3 is 0 Å². The molecule has 0 aliphatic heterocycles. The minimum Gasteiger partial charge on any atom is -0.455 e. The van der Waals surface area contributed by atoms with Crippen LogP contribution in [0.1, 0.15) is 0 Å². The van der Waals surface area contributed by atoms with Crippen molar-refractivity contribution in [2.75, 3.05) is 0 Å². The predicted molar refractivity (Wildman–Crippen MR) is 178 cm³/mol. The van der Waals surface area contributed by atoms with Gasteiger partial charge < -0.3 is 4.42 Å². The zero-order chi connectivity index (χ0) is 29.0. The fraction of sp³-hybridized carbons (Fsp3) is 0. The molecule has 6 aromatic carbocycles. The van der Waals surface area contributed by atoms with Crippen LogP contribution in [-0.4, -0.2) is 19.5 Å². The quantitative estimate of drug-likeness (QED) is 0.213. The third kappa shape index (κ3) is 3.83. The first kappa shape index (κ1) is 24.5. The molecule has 3 aromatic heterocycles. The second-order valence-corrected chi connectivity index (χ2v) is 10.9. The van der Waals surface area contributed by atoms with E-state index in [9.17, 15) is 0 Å². The smallest absolute Gasteiger partial charge is 0.238 e. The van der Waals surface area contributed by atoms with Gasteiger partial charge in [-0.1, -0.05) is 127 Å². The zero-order valence-electron chi connectivity index (χ0n) is 23.6. The third-order valence-corrected chi connectivity index (χ3v) is 8.29. The number of nitrogens with zero attached hydrogens (tertiary/aromatic N) is 4. The molecule has 0 bridgehead atoms. The number of furan rings is 1. The monoisotopic (exact) mass is 564 g/mol. The van der Waals surface area contributed by atoms with Crippen LogP contribution in [0.2, 0.25) is 0 Å². The normalized spacial score (nSPS) is 11.6. The Hall–Kier alpha value is -6.07. The van der Waals surface area contributed by atoms with Gasteiger partial charge in [-0.3, -0.25) is 4.57 Å². The molecular weight excluding hydrogens is 540 g/mol. The Labute approximate surface area is 252 Å². The summed E-state index contributed by atoms with van der Waals surface area (Å²) in [6, 6.07) is 49.7. The summed E-state index contributed by atoms with van der Waals surface area (Å²) >= 11 is 0. The second-order valence-electron chi connectivity index (χ2n) is 10.9. The van der Waals surface area contributed by atoms with Gasteiger partial charge in [0.1, 0.15) is 11.2 Å². The molecule has 0 radical (unpaired) electrons. The molecule has 0 fully saturated rings. The molecule has 5 nitrogen and oxygen atoms in total. The number of hydrogen-bond acceptors (Lipinski definition) is 4. The van der Waals surface area contributed by atoms with Gasteiger partial charge in [-0.15, -0.1) is 0 Å². The lowest BCUT2D eigenvalue weighted by Gasteiger charge is -2.11. The van der Waals surface area contributed by atoms with E-state index in [0.29, 0.717) is 17.6 Å². The van der Waals surface area contributed by atoms with Gasteiger partial charge in [0.05, 0.1) is 11.0 Å². The highest BCUT2D eigenvalue weighted by atomic mass is 16.3. The summed E-state index contributed by atoms with van der Waals surface area (Å²) in [7, 11) is 0. The zero-order valence-corrected chi connectivity index (χ0v) is 23.6. The Balaban J connectivity index is 1.22. The van der Waals surface area contributed by atoms with Crippen molar-refractivity contribution in [1.82, 2.24) is 19.5 Å². The Morgan fingerprint density at radius 2 is 0.955 bits per heavy atom. The van der Waals surface area contributed by atoms with Crippen LogP contribution in [0.25, 0.3) is 83.6 Å². The molecule has 44 heavy (non-hydrogen) atoms. The van der Waals surface area contributed by atoms with Gasteiger partial charge in [0, 0.05) is 38.2 Å². The van der Waals surface area contributed by atoms with Crippen LogP contribution in [0.15, 0.2) is 150 Å². The first-order valence-corrected chi connectivity index (χ1v) is 14.6. The van der Waals surface area contributed by atoms with Gasteiger partial charge in [0.15, 0.2) is 11.6 Å². The number of aromatic nitrogens is 4. The van der Waals surface area contributed by atoms with E-state index in [-0.39, 0.29) is 0 Å². The van der Waals surface area contributed by atoms with E-state index >= 15 is 0 Å². The molecule has 0 saturated carbocycles. The van der Waals surface area contributed by atoms with Crippen LogP contribution >= 0.6 is 0 Å². The summed E-state index contributed by atoms with van der Waals surface area (Å²) in [5.74, 6) is 1.83. The third-order valence-electron chi connectivity index (χ3n) is 8.29. The van der Waals surface area contributed by atoms with E-state index in [1.807, 2.05) is 48.5 Å². The van der Waals surface area contributed by atoms with E-state index < -0.39 is 0 Å². The van der Waals surface area contributed by atoms with Crippen LogP contribution in [0.3, 0.4) is 0 Å². The maximum absolute atomic E-state index is 6.31. The molecule has 0 unspecified atom stereocenters. The van der Waals surface area contributed by atoms with Crippen molar-refractivity contribution in [3.05, 3.63) is 146 Å². The van der Waals surface area contributed by atoms with Crippen molar-refractivity contribution in [3.63, 3.8) is 0 Å².